The number of hydrogen-bond acceptors (Lipinski definition) is 1. The molecule has 0 saturated carbocycles. The third-order valence-corrected chi connectivity index (χ3v) is 2.47. The highest BCUT2D eigenvalue weighted by molar-refractivity contribution is 5.94. The van der Waals surface area contributed by atoms with Crippen LogP contribution in [0.3, 0.4) is 0 Å². The van der Waals surface area contributed by atoms with Crippen LogP contribution in [-0.2, 0) is 11.2 Å². The van der Waals surface area contributed by atoms with Gasteiger partial charge in [0.25, 0.3) is 0 Å². The molecule has 0 N–H and O–H groups in total. The zero-order chi connectivity index (χ0) is 12.1. The van der Waals surface area contributed by atoms with Crippen molar-refractivity contribution >= 4 is 11.4 Å². The van der Waals surface area contributed by atoms with E-state index in [4.69, 9.17) is 0 Å². The first-order valence-electron chi connectivity index (χ1n) is 5.77. The third kappa shape index (κ3) is 4.01. The zero-order valence-corrected chi connectivity index (χ0v) is 10.6. The first kappa shape index (κ1) is 12.7. The van der Waals surface area contributed by atoms with E-state index in [2.05, 4.69) is 38.1 Å². The molecule has 0 bridgehead atoms. The Morgan fingerprint density at radius 3 is 2.19 bits per heavy atom. The number of hydrogen-bond donors (Lipinski definition) is 0. The number of allylic oxidation sites excluding steroid dienone is 2. The molecule has 0 aromatic heterocycles. The normalized spacial score (nSPS) is 11.9. The standard InChI is InChI=1S/C15H20O/c1-11(2)9-14-5-7-15(8-6-14)12(3)10-13(4)16/h5-8,10-11H,9H2,1-4H3/b12-10-. The lowest BCUT2D eigenvalue weighted by Gasteiger charge is -2.06. The van der Waals surface area contributed by atoms with E-state index >= 15 is 0 Å². The molecule has 0 aliphatic rings. The molecule has 16 heavy (non-hydrogen) atoms. The largest absolute Gasteiger partial charge is 0.295 e. The van der Waals surface area contributed by atoms with Crippen molar-refractivity contribution in [3.8, 4) is 0 Å². The Hall–Kier alpha value is -1.37. The van der Waals surface area contributed by atoms with Crippen molar-refractivity contribution in [2.24, 2.45) is 5.92 Å². The minimum Gasteiger partial charge on any atom is -0.295 e. The monoisotopic (exact) mass is 216 g/mol. The average Bonchev–Trinajstić information content (AvgIpc) is 2.16. The predicted octanol–water partition coefficient (Wildman–Crippen LogP) is 3.88. The molecule has 0 aliphatic heterocycles. The topological polar surface area (TPSA) is 17.1 Å². The lowest BCUT2D eigenvalue weighted by molar-refractivity contribution is -0.112. The Balaban J connectivity index is 2.82. The van der Waals surface area contributed by atoms with Gasteiger partial charge in [0.2, 0.25) is 0 Å². The first-order chi connectivity index (χ1) is 7.49. The molecular weight excluding hydrogens is 196 g/mol. The van der Waals surface area contributed by atoms with E-state index in [0.29, 0.717) is 5.92 Å². The summed E-state index contributed by atoms with van der Waals surface area (Å²) in [6.07, 6.45) is 2.78. The predicted molar refractivity (Wildman–Crippen MR) is 69.3 cm³/mol. The minimum atomic E-state index is 0.101. The SMILES string of the molecule is CC(=O)/C=C(/C)c1ccc(CC(C)C)cc1. The summed E-state index contributed by atoms with van der Waals surface area (Å²) in [4.78, 5) is 11.0. The fourth-order valence-electron chi connectivity index (χ4n) is 1.76. The summed E-state index contributed by atoms with van der Waals surface area (Å²) >= 11 is 0. The molecule has 0 spiro atoms. The van der Waals surface area contributed by atoms with E-state index in [1.165, 1.54) is 5.56 Å². The van der Waals surface area contributed by atoms with Crippen molar-refractivity contribution in [2.75, 3.05) is 0 Å². The van der Waals surface area contributed by atoms with Gasteiger partial charge in [-0.25, -0.2) is 0 Å². The molecule has 0 radical (unpaired) electrons. The van der Waals surface area contributed by atoms with Gasteiger partial charge in [0.15, 0.2) is 5.78 Å². The molecule has 0 saturated heterocycles. The summed E-state index contributed by atoms with van der Waals surface area (Å²) in [6.45, 7) is 7.99. The van der Waals surface area contributed by atoms with Gasteiger partial charge in [0, 0.05) is 0 Å². The average molecular weight is 216 g/mol. The van der Waals surface area contributed by atoms with Crippen LogP contribution in [0.2, 0.25) is 0 Å². The fraction of sp³-hybridized carbons (Fsp3) is 0.400. The van der Waals surface area contributed by atoms with E-state index in [1.807, 2.05) is 6.92 Å². The Labute approximate surface area is 98.2 Å². The molecule has 0 aliphatic carbocycles. The summed E-state index contributed by atoms with van der Waals surface area (Å²) in [7, 11) is 0. The van der Waals surface area contributed by atoms with Crippen LogP contribution in [0.4, 0.5) is 0 Å². The second-order valence-corrected chi connectivity index (χ2v) is 4.73. The van der Waals surface area contributed by atoms with Gasteiger partial charge in [0.1, 0.15) is 0 Å². The minimum absolute atomic E-state index is 0.101. The number of carbonyl (C=O) groups excluding carboxylic acids is 1. The van der Waals surface area contributed by atoms with Crippen molar-refractivity contribution in [2.45, 2.75) is 34.1 Å². The highest BCUT2D eigenvalue weighted by atomic mass is 16.1. The molecule has 0 amide bonds. The van der Waals surface area contributed by atoms with Crippen molar-refractivity contribution in [3.05, 3.63) is 41.5 Å². The van der Waals surface area contributed by atoms with Gasteiger partial charge in [-0.15, -0.1) is 0 Å². The maximum absolute atomic E-state index is 11.0. The van der Waals surface area contributed by atoms with Gasteiger partial charge in [0.05, 0.1) is 0 Å². The van der Waals surface area contributed by atoms with Crippen molar-refractivity contribution < 1.29 is 4.79 Å². The maximum Gasteiger partial charge on any atom is 0.152 e. The molecular formula is C15H20O. The van der Waals surface area contributed by atoms with Crippen LogP contribution < -0.4 is 0 Å². The van der Waals surface area contributed by atoms with E-state index in [-0.39, 0.29) is 5.78 Å². The zero-order valence-electron chi connectivity index (χ0n) is 10.6. The first-order valence-corrected chi connectivity index (χ1v) is 5.77. The third-order valence-electron chi connectivity index (χ3n) is 2.47. The molecule has 1 heteroatoms. The van der Waals surface area contributed by atoms with E-state index in [1.54, 1.807) is 13.0 Å². The molecule has 0 atom stereocenters. The van der Waals surface area contributed by atoms with Gasteiger partial charge >= 0.3 is 0 Å². The Bertz CT molecular complexity index is 382. The van der Waals surface area contributed by atoms with Crippen molar-refractivity contribution in [3.63, 3.8) is 0 Å². The highest BCUT2D eigenvalue weighted by Gasteiger charge is 2.00. The van der Waals surface area contributed by atoms with Crippen LogP contribution in [-0.4, -0.2) is 5.78 Å². The van der Waals surface area contributed by atoms with Gasteiger partial charge in [-0.3, -0.25) is 4.79 Å². The second kappa shape index (κ2) is 5.64. The Kier molecular flexibility index (Phi) is 4.48. The molecule has 1 aromatic rings. The maximum atomic E-state index is 11.0. The Morgan fingerprint density at radius 1 is 1.19 bits per heavy atom. The number of ketones is 1. The molecule has 1 rings (SSSR count). The molecule has 0 heterocycles. The lowest BCUT2D eigenvalue weighted by Crippen LogP contribution is -1.94. The Morgan fingerprint density at radius 2 is 1.75 bits per heavy atom. The van der Waals surface area contributed by atoms with Crippen LogP contribution in [0.1, 0.15) is 38.8 Å². The van der Waals surface area contributed by atoms with Crippen LogP contribution >= 0.6 is 0 Å². The van der Waals surface area contributed by atoms with Gasteiger partial charge in [-0.05, 0) is 49.0 Å². The van der Waals surface area contributed by atoms with Gasteiger partial charge < -0.3 is 0 Å². The summed E-state index contributed by atoms with van der Waals surface area (Å²) in [6, 6.07) is 8.47. The van der Waals surface area contributed by atoms with Crippen molar-refractivity contribution in [1.29, 1.82) is 0 Å². The van der Waals surface area contributed by atoms with Crippen LogP contribution in [0, 0.1) is 5.92 Å². The van der Waals surface area contributed by atoms with Gasteiger partial charge in [-0.1, -0.05) is 38.1 Å². The van der Waals surface area contributed by atoms with Crippen LogP contribution in [0.5, 0.6) is 0 Å². The summed E-state index contributed by atoms with van der Waals surface area (Å²) in [5.74, 6) is 0.781. The fourth-order valence-corrected chi connectivity index (χ4v) is 1.76. The number of rotatable bonds is 4. The summed E-state index contributed by atoms with van der Waals surface area (Å²) in [5.41, 5.74) is 3.51. The van der Waals surface area contributed by atoms with Gasteiger partial charge in [-0.2, -0.15) is 0 Å². The molecule has 0 fully saturated rings. The highest BCUT2D eigenvalue weighted by Crippen LogP contribution is 2.16. The van der Waals surface area contributed by atoms with Crippen molar-refractivity contribution in [1.82, 2.24) is 0 Å². The molecule has 86 valence electrons. The summed E-state index contributed by atoms with van der Waals surface area (Å²) in [5, 5.41) is 0. The van der Waals surface area contributed by atoms with Crippen LogP contribution in [0.15, 0.2) is 30.3 Å². The molecule has 1 aromatic carbocycles. The number of benzene rings is 1. The summed E-state index contributed by atoms with van der Waals surface area (Å²) < 4.78 is 0. The lowest BCUT2D eigenvalue weighted by atomic mass is 9.99. The van der Waals surface area contributed by atoms with E-state index < -0.39 is 0 Å². The van der Waals surface area contributed by atoms with E-state index in [0.717, 1.165) is 17.6 Å². The number of carbonyl (C=O) groups is 1. The second-order valence-electron chi connectivity index (χ2n) is 4.73. The quantitative estimate of drug-likeness (QED) is 0.698. The van der Waals surface area contributed by atoms with E-state index in [9.17, 15) is 4.79 Å². The molecule has 1 nitrogen and oxygen atoms in total. The molecule has 0 unspecified atom stereocenters. The smallest absolute Gasteiger partial charge is 0.152 e. The van der Waals surface area contributed by atoms with Crippen LogP contribution in [0.25, 0.3) is 5.57 Å².